The van der Waals surface area contributed by atoms with Crippen LogP contribution in [0.1, 0.15) is 35.8 Å². The molecule has 1 aliphatic rings. The average Bonchev–Trinajstić information content (AvgIpc) is 3.08. The zero-order valence-electron chi connectivity index (χ0n) is 13.3. The largest absolute Gasteiger partial charge is 0.396 e. The number of nitrogens with two attached hydrogens (primary N) is 1. The smallest absolute Gasteiger partial charge is 0.269 e. The van der Waals surface area contributed by atoms with Gasteiger partial charge in [0.05, 0.1) is 18.6 Å². The normalized spacial score (nSPS) is 28.5. The molecule has 9 heteroatoms. The molecule has 1 aromatic rings. The van der Waals surface area contributed by atoms with E-state index in [1.165, 1.54) is 10.9 Å². The van der Waals surface area contributed by atoms with Crippen molar-refractivity contribution in [3.05, 3.63) is 23.8 Å². The summed E-state index contributed by atoms with van der Waals surface area (Å²) >= 11 is 0. The highest BCUT2D eigenvalue weighted by Crippen LogP contribution is 2.31. The Bertz CT molecular complexity index is 602. The van der Waals surface area contributed by atoms with Crippen molar-refractivity contribution in [3.63, 3.8) is 0 Å². The van der Waals surface area contributed by atoms with Gasteiger partial charge in [0.2, 0.25) is 0 Å². The van der Waals surface area contributed by atoms with Gasteiger partial charge >= 0.3 is 0 Å². The van der Waals surface area contributed by atoms with E-state index in [2.05, 4.69) is 4.98 Å². The van der Waals surface area contributed by atoms with E-state index in [0.29, 0.717) is 12.1 Å². The Hall–Kier alpha value is -1.78. The molecule has 5 atom stereocenters. The summed E-state index contributed by atoms with van der Waals surface area (Å²) in [5.41, 5.74) is 5.65. The van der Waals surface area contributed by atoms with Crippen molar-refractivity contribution >= 4 is 12.0 Å². The minimum absolute atomic E-state index is 0.000173. The molecule has 24 heavy (non-hydrogen) atoms. The number of hydrogen-bond donors (Lipinski definition) is 5. The molecule has 1 amide bonds. The van der Waals surface area contributed by atoms with Crippen LogP contribution in [0.4, 0.5) is 0 Å². The molecule has 0 aliphatic carbocycles. The molecular weight excluding hydrogens is 318 g/mol. The number of amides is 1. The Morgan fingerprint density at radius 2 is 2.17 bits per heavy atom. The minimum atomic E-state index is -1.29. The third kappa shape index (κ3) is 3.65. The number of ether oxygens (including phenoxy) is 1. The summed E-state index contributed by atoms with van der Waals surface area (Å²) in [5, 5.41) is 38.2. The van der Waals surface area contributed by atoms with Gasteiger partial charge in [0.1, 0.15) is 18.3 Å². The standard InChI is InChI=1S/C15H23N3O6/c1-8(4-5-19)2-3-9-11(14(16)23)17-7-18(9)15-13(22)12(21)10(6-20)24-15/h2-3,7-8,10,12-13,15,19-22H,4-6H2,1H3,(H2,16,23)/t8?,10-,12-,13-,15-/m1/s1. The lowest BCUT2D eigenvalue weighted by molar-refractivity contribution is -0.0530. The summed E-state index contributed by atoms with van der Waals surface area (Å²) in [7, 11) is 0. The molecule has 0 aromatic carbocycles. The Kier molecular flexibility index (Phi) is 6.08. The molecule has 1 fully saturated rings. The average molecular weight is 341 g/mol. The number of aromatic nitrogens is 2. The third-order valence-corrected chi connectivity index (χ3v) is 4.02. The summed E-state index contributed by atoms with van der Waals surface area (Å²) in [6, 6.07) is 0. The number of allylic oxidation sites excluding steroid dienone is 1. The fraction of sp³-hybridized carbons (Fsp3) is 0.600. The van der Waals surface area contributed by atoms with Crippen molar-refractivity contribution in [2.75, 3.05) is 13.2 Å². The van der Waals surface area contributed by atoms with Crippen molar-refractivity contribution in [2.45, 2.75) is 37.9 Å². The number of primary amides is 1. The molecule has 6 N–H and O–H groups in total. The van der Waals surface area contributed by atoms with Gasteiger partial charge in [-0.15, -0.1) is 0 Å². The van der Waals surface area contributed by atoms with Gasteiger partial charge in [0.15, 0.2) is 11.9 Å². The molecule has 1 saturated heterocycles. The zero-order valence-corrected chi connectivity index (χ0v) is 13.3. The van der Waals surface area contributed by atoms with Crippen LogP contribution in [0.3, 0.4) is 0 Å². The molecule has 0 radical (unpaired) electrons. The predicted molar refractivity (Wildman–Crippen MR) is 83.7 cm³/mol. The summed E-state index contributed by atoms with van der Waals surface area (Å²) in [4.78, 5) is 15.5. The van der Waals surface area contributed by atoms with Crippen molar-refractivity contribution in [1.82, 2.24) is 9.55 Å². The first-order valence-corrected chi connectivity index (χ1v) is 7.68. The van der Waals surface area contributed by atoms with Crippen molar-refractivity contribution in [1.29, 1.82) is 0 Å². The van der Waals surface area contributed by atoms with E-state index >= 15 is 0 Å². The summed E-state index contributed by atoms with van der Waals surface area (Å²) < 4.78 is 6.85. The fourth-order valence-electron chi connectivity index (χ4n) is 2.59. The van der Waals surface area contributed by atoms with Crippen LogP contribution >= 0.6 is 0 Å². The Morgan fingerprint density at radius 1 is 1.46 bits per heavy atom. The van der Waals surface area contributed by atoms with E-state index in [1.807, 2.05) is 6.92 Å². The van der Waals surface area contributed by atoms with Gasteiger partial charge in [-0.05, 0) is 18.4 Å². The zero-order chi connectivity index (χ0) is 17.9. The Labute approximate surface area is 139 Å². The Morgan fingerprint density at radius 3 is 2.71 bits per heavy atom. The SMILES string of the molecule is CC(C=Cc1c(C(N)=O)ncn1[C@@H]1O[C@H](CO)[C@@H](O)[C@H]1O)CCO. The van der Waals surface area contributed by atoms with Crippen molar-refractivity contribution < 1.29 is 30.0 Å². The van der Waals surface area contributed by atoms with Gasteiger partial charge in [-0.1, -0.05) is 13.0 Å². The lowest BCUT2D eigenvalue weighted by atomic mass is 10.1. The number of carbonyl (C=O) groups is 1. The monoisotopic (exact) mass is 341 g/mol. The topological polar surface area (TPSA) is 151 Å². The summed E-state index contributed by atoms with van der Waals surface area (Å²) in [6.07, 6.45) is 0.727. The summed E-state index contributed by atoms with van der Waals surface area (Å²) in [6.45, 7) is 1.47. The minimum Gasteiger partial charge on any atom is -0.396 e. The fourth-order valence-corrected chi connectivity index (χ4v) is 2.59. The first-order chi connectivity index (χ1) is 11.4. The summed E-state index contributed by atoms with van der Waals surface area (Å²) in [5.74, 6) is -0.695. The number of aliphatic hydroxyl groups excluding tert-OH is 4. The van der Waals surface area contributed by atoms with Crippen LogP contribution in [-0.4, -0.2) is 67.4 Å². The molecule has 1 unspecified atom stereocenters. The Balaban J connectivity index is 2.35. The highest BCUT2D eigenvalue weighted by molar-refractivity contribution is 5.94. The maximum Gasteiger partial charge on any atom is 0.269 e. The van der Waals surface area contributed by atoms with E-state index in [1.54, 1.807) is 12.2 Å². The molecule has 0 saturated carbocycles. The maximum absolute atomic E-state index is 11.6. The lowest BCUT2D eigenvalue weighted by Gasteiger charge is -2.18. The van der Waals surface area contributed by atoms with Crippen LogP contribution in [0.5, 0.6) is 0 Å². The lowest BCUT2D eigenvalue weighted by Crippen LogP contribution is -2.33. The van der Waals surface area contributed by atoms with Crippen LogP contribution in [0, 0.1) is 5.92 Å². The molecular formula is C15H23N3O6. The second kappa shape index (κ2) is 7.86. The van der Waals surface area contributed by atoms with Crippen LogP contribution in [0.25, 0.3) is 6.08 Å². The van der Waals surface area contributed by atoms with Gasteiger partial charge in [-0.25, -0.2) is 4.98 Å². The van der Waals surface area contributed by atoms with E-state index in [-0.39, 0.29) is 18.2 Å². The van der Waals surface area contributed by atoms with Gasteiger partial charge < -0.3 is 35.5 Å². The van der Waals surface area contributed by atoms with E-state index in [9.17, 15) is 20.1 Å². The maximum atomic E-state index is 11.6. The second-order valence-corrected chi connectivity index (χ2v) is 5.83. The van der Waals surface area contributed by atoms with Crippen LogP contribution in [0.15, 0.2) is 12.4 Å². The van der Waals surface area contributed by atoms with E-state index in [4.69, 9.17) is 15.6 Å². The molecule has 1 aliphatic heterocycles. The number of rotatable bonds is 7. The molecule has 0 bridgehead atoms. The highest BCUT2D eigenvalue weighted by atomic mass is 16.6. The molecule has 9 nitrogen and oxygen atoms in total. The number of hydrogen-bond acceptors (Lipinski definition) is 7. The van der Waals surface area contributed by atoms with Gasteiger partial charge in [-0.3, -0.25) is 4.79 Å². The molecule has 134 valence electrons. The van der Waals surface area contributed by atoms with Gasteiger partial charge in [0.25, 0.3) is 5.91 Å². The van der Waals surface area contributed by atoms with Crippen LogP contribution in [0.2, 0.25) is 0 Å². The molecule has 2 rings (SSSR count). The molecule has 1 aromatic heterocycles. The third-order valence-electron chi connectivity index (χ3n) is 4.02. The predicted octanol–water partition coefficient (Wildman–Crippen LogP) is -1.37. The van der Waals surface area contributed by atoms with E-state index < -0.39 is 37.1 Å². The molecule has 2 heterocycles. The first-order valence-electron chi connectivity index (χ1n) is 7.68. The quantitative estimate of drug-likeness (QED) is 0.410. The number of carbonyl (C=O) groups excluding carboxylic acids is 1. The van der Waals surface area contributed by atoms with Crippen molar-refractivity contribution in [2.24, 2.45) is 11.7 Å². The first kappa shape index (κ1) is 18.6. The number of imidazole rings is 1. The highest BCUT2D eigenvalue weighted by Gasteiger charge is 2.44. The van der Waals surface area contributed by atoms with Crippen LogP contribution in [-0.2, 0) is 4.74 Å². The van der Waals surface area contributed by atoms with Crippen molar-refractivity contribution in [3.8, 4) is 0 Å². The van der Waals surface area contributed by atoms with Gasteiger partial charge in [-0.2, -0.15) is 0 Å². The number of nitrogens with zero attached hydrogens (tertiary/aromatic N) is 2. The van der Waals surface area contributed by atoms with Gasteiger partial charge in [0, 0.05) is 6.61 Å². The van der Waals surface area contributed by atoms with E-state index in [0.717, 1.165) is 0 Å². The van der Waals surface area contributed by atoms with Crippen LogP contribution < -0.4 is 5.73 Å². The second-order valence-electron chi connectivity index (χ2n) is 5.83. The number of aliphatic hydroxyl groups is 4. The molecule has 0 spiro atoms.